The molecule has 5 rings (SSSR count). The Kier molecular flexibility index (Phi) is 6.51. The molecule has 1 saturated carbocycles. The van der Waals surface area contributed by atoms with Gasteiger partial charge in [0.25, 0.3) is 0 Å². The average Bonchev–Trinajstić information content (AvgIpc) is 3.40. The first kappa shape index (κ1) is 26.5. The highest BCUT2D eigenvalue weighted by Gasteiger charge is 2.37. The van der Waals surface area contributed by atoms with Crippen molar-refractivity contribution < 1.29 is 27.2 Å². The van der Waals surface area contributed by atoms with Crippen molar-refractivity contribution >= 4 is 22.9 Å². The molecule has 0 bridgehead atoms. The molecule has 1 aliphatic rings. The van der Waals surface area contributed by atoms with E-state index < -0.39 is 23.4 Å². The van der Waals surface area contributed by atoms with Crippen LogP contribution in [0.1, 0.15) is 50.6 Å². The van der Waals surface area contributed by atoms with E-state index in [0.29, 0.717) is 35.1 Å². The summed E-state index contributed by atoms with van der Waals surface area (Å²) in [5, 5.41) is 10.4. The van der Waals surface area contributed by atoms with Gasteiger partial charge >= 0.3 is 12.3 Å². The molecule has 3 aromatic heterocycles. The molecular formula is C27H29F3N6O3. The molecule has 0 saturated heterocycles. The van der Waals surface area contributed by atoms with E-state index in [0.717, 1.165) is 23.0 Å². The Morgan fingerprint density at radius 3 is 2.51 bits per heavy atom. The summed E-state index contributed by atoms with van der Waals surface area (Å²) in [4.78, 5) is 23.5. The Balaban J connectivity index is 1.45. The molecule has 206 valence electrons. The summed E-state index contributed by atoms with van der Waals surface area (Å²) >= 11 is 0. The molecule has 0 unspecified atom stereocenters. The van der Waals surface area contributed by atoms with Crippen LogP contribution < -0.4 is 10.6 Å². The van der Waals surface area contributed by atoms with E-state index >= 15 is 0 Å². The Bertz CT molecular complexity index is 1520. The second kappa shape index (κ2) is 9.58. The molecule has 4 aromatic rings. The number of anilines is 1. The van der Waals surface area contributed by atoms with Crippen LogP contribution in [-0.4, -0.2) is 43.9 Å². The summed E-state index contributed by atoms with van der Waals surface area (Å²) in [5.41, 5.74) is 1.51. The van der Waals surface area contributed by atoms with Crippen LogP contribution in [0.25, 0.3) is 33.3 Å². The number of H-pyrrole nitrogens is 1. The molecule has 1 aromatic carbocycles. The van der Waals surface area contributed by atoms with Gasteiger partial charge in [-0.25, -0.2) is 14.8 Å². The maximum absolute atomic E-state index is 14.0. The van der Waals surface area contributed by atoms with E-state index in [9.17, 15) is 18.0 Å². The Morgan fingerprint density at radius 1 is 1.15 bits per heavy atom. The monoisotopic (exact) mass is 542 g/mol. The summed E-state index contributed by atoms with van der Waals surface area (Å²) in [6.45, 7) is 8.94. The quantitative estimate of drug-likeness (QED) is 0.268. The maximum atomic E-state index is 14.0. The van der Waals surface area contributed by atoms with Gasteiger partial charge in [0, 0.05) is 40.5 Å². The summed E-state index contributed by atoms with van der Waals surface area (Å²) in [6.07, 6.45) is -1.53. The van der Waals surface area contributed by atoms with Gasteiger partial charge < -0.3 is 24.9 Å². The largest absolute Gasteiger partial charge is 0.444 e. The van der Waals surface area contributed by atoms with Crippen molar-refractivity contribution in [2.45, 2.75) is 71.3 Å². The number of carbonyl (C=O) groups excluding carboxylic acids is 1. The minimum Gasteiger partial charge on any atom is -0.444 e. The number of amides is 1. The Morgan fingerprint density at radius 2 is 1.90 bits per heavy atom. The van der Waals surface area contributed by atoms with E-state index in [1.165, 1.54) is 6.20 Å². The van der Waals surface area contributed by atoms with E-state index in [4.69, 9.17) is 9.26 Å². The number of alkyl halides is 3. The molecule has 1 aliphatic carbocycles. The number of nitrogens with one attached hydrogen (secondary N) is 3. The summed E-state index contributed by atoms with van der Waals surface area (Å²) in [7, 11) is 0. The number of aromatic nitrogens is 4. The SMILES string of the molecule is Cc1noc(C)c1-c1ccc2c(-c3nc(N[C@H]4CC[C@@H]4NC(=O)OC(C)(C)C)ncc3C(F)(F)F)c[nH]c2c1. The maximum Gasteiger partial charge on any atom is 0.419 e. The lowest BCUT2D eigenvalue weighted by atomic mass is 9.86. The van der Waals surface area contributed by atoms with Gasteiger partial charge in [-0.05, 0) is 59.1 Å². The predicted molar refractivity (Wildman–Crippen MR) is 139 cm³/mol. The third-order valence-corrected chi connectivity index (χ3v) is 6.64. The van der Waals surface area contributed by atoms with Crippen molar-refractivity contribution in [3.63, 3.8) is 0 Å². The number of halogens is 3. The zero-order valence-electron chi connectivity index (χ0n) is 22.2. The molecule has 0 spiro atoms. The fourth-order valence-corrected chi connectivity index (χ4v) is 4.71. The van der Waals surface area contributed by atoms with Crippen LogP contribution in [0, 0.1) is 13.8 Å². The number of hydrogen-bond donors (Lipinski definition) is 3. The number of hydrogen-bond acceptors (Lipinski definition) is 7. The van der Waals surface area contributed by atoms with Gasteiger partial charge in [-0.3, -0.25) is 0 Å². The number of ether oxygens (including phenoxy) is 1. The molecule has 3 N–H and O–H groups in total. The van der Waals surface area contributed by atoms with Crippen LogP contribution in [0.5, 0.6) is 0 Å². The van der Waals surface area contributed by atoms with Crippen molar-refractivity contribution in [1.82, 2.24) is 25.4 Å². The molecule has 3 heterocycles. The van der Waals surface area contributed by atoms with Gasteiger partial charge in [0.2, 0.25) is 5.95 Å². The summed E-state index contributed by atoms with van der Waals surface area (Å²) < 4.78 is 52.6. The van der Waals surface area contributed by atoms with Crippen LogP contribution in [0.3, 0.4) is 0 Å². The van der Waals surface area contributed by atoms with Crippen LogP contribution in [0.2, 0.25) is 0 Å². The third kappa shape index (κ3) is 5.41. The lowest BCUT2D eigenvalue weighted by molar-refractivity contribution is -0.137. The highest BCUT2D eigenvalue weighted by Crippen LogP contribution is 2.40. The van der Waals surface area contributed by atoms with E-state index in [1.54, 1.807) is 33.8 Å². The van der Waals surface area contributed by atoms with Crippen molar-refractivity contribution in [3.05, 3.63) is 47.6 Å². The van der Waals surface area contributed by atoms with Gasteiger partial charge in [-0.1, -0.05) is 17.3 Å². The third-order valence-electron chi connectivity index (χ3n) is 6.64. The smallest absolute Gasteiger partial charge is 0.419 e. The highest BCUT2D eigenvalue weighted by molar-refractivity contribution is 5.97. The first-order valence-electron chi connectivity index (χ1n) is 12.5. The minimum atomic E-state index is -4.66. The van der Waals surface area contributed by atoms with Gasteiger partial charge in [-0.15, -0.1) is 0 Å². The molecule has 1 fully saturated rings. The zero-order chi connectivity index (χ0) is 28.1. The van der Waals surface area contributed by atoms with E-state index in [-0.39, 0.29) is 23.7 Å². The second-order valence-electron chi connectivity index (χ2n) is 10.7. The summed E-state index contributed by atoms with van der Waals surface area (Å²) in [6, 6.07) is 4.92. The number of nitrogens with zero attached hydrogens (tertiary/aromatic N) is 3. The van der Waals surface area contributed by atoms with E-state index in [2.05, 4.69) is 30.7 Å². The standard InChI is InChI=1S/C27H29F3N6O3/c1-13-22(14(2)39-36-13)15-6-7-16-17(11-31-21(16)10-15)23-18(27(28,29)30)12-32-24(35-23)33-19-8-9-20(19)34-25(37)38-26(3,4)5/h6-7,10-12,19-20,31H,8-9H2,1-5H3,(H,34,37)(H,32,33,35)/t19-,20-/m0/s1. The van der Waals surface area contributed by atoms with Gasteiger partial charge in [0.1, 0.15) is 16.9 Å². The number of carbonyl (C=O) groups is 1. The van der Waals surface area contributed by atoms with Gasteiger partial charge in [0.15, 0.2) is 0 Å². The van der Waals surface area contributed by atoms with Crippen LogP contribution >= 0.6 is 0 Å². The average molecular weight is 543 g/mol. The number of rotatable bonds is 5. The number of fused-ring (bicyclic) bond motifs is 1. The lowest BCUT2D eigenvalue weighted by Gasteiger charge is -2.37. The zero-order valence-corrected chi connectivity index (χ0v) is 22.2. The molecule has 0 aliphatic heterocycles. The highest BCUT2D eigenvalue weighted by atomic mass is 19.4. The van der Waals surface area contributed by atoms with Crippen molar-refractivity contribution in [1.29, 1.82) is 0 Å². The molecule has 2 atom stereocenters. The topological polar surface area (TPSA) is 118 Å². The van der Waals surface area contributed by atoms with Crippen LogP contribution in [-0.2, 0) is 10.9 Å². The molecular weight excluding hydrogens is 513 g/mol. The van der Waals surface area contributed by atoms with Crippen molar-refractivity contribution in [2.24, 2.45) is 0 Å². The predicted octanol–water partition coefficient (Wildman–Crippen LogP) is 6.38. The van der Waals surface area contributed by atoms with E-state index in [1.807, 2.05) is 19.1 Å². The normalized spacial score (nSPS) is 17.6. The van der Waals surface area contributed by atoms with Gasteiger partial charge in [-0.2, -0.15) is 13.2 Å². The first-order valence-corrected chi connectivity index (χ1v) is 12.5. The van der Waals surface area contributed by atoms with Crippen molar-refractivity contribution in [2.75, 3.05) is 5.32 Å². The summed E-state index contributed by atoms with van der Waals surface area (Å²) in [5.74, 6) is 0.695. The fraction of sp³-hybridized carbons (Fsp3) is 0.407. The number of aromatic amines is 1. The molecule has 39 heavy (non-hydrogen) atoms. The Hall–Kier alpha value is -4.09. The molecule has 9 nitrogen and oxygen atoms in total. The number of aryl methyl sites for hydroxylation is 2. The minimum absolute atomic E-state index is 0.0420. The fourth-order valence-electron chi connectivity index (χ4n) is 4.71. The van der Waals surface area contributed by atoms with Gasteiger partial charge in [0.05, 0.1) is 17.4 Å². The second-order valence-corrected chi connectivity index (χ2v) is 10.7. The first-order chi connectivity index (χ1) is 18.3. The number of benzene rings is 1. The molecule has 0 radical (unpaired) electrons. The van der Waals surface area contributed by atoms with Crippen LogP contribution in [0.15, 0.2) is 35.1 Å². The molecule has 1 amide bonds. The Labute approximate surface area is 222 Å². The lowest BCUT2D eigenvalue weighted by Crippen LogP contribution is -2.54. The molecule has 12 heteroatoms. The number of alkyl carbamates (subject to hydrolysis) is 1. The van der Waals surface area contributed by atoms with Crippen molar-refractivity contribution in [3.8, 4) is 22.4 Å². The van der Waals surface area contributed by atoms with Crippen LogP contribution in [0.4, 0.5) is 23.9 Å².